The van der Waals surface area contributed by atoms with Crippen molar-refractivity contribution in [1.82, 2.24) is 25.3 Å². The minimum absolute atomic E-state index is 0.428. The standard InChI is InChI=1S/C14H17N5O/c1-10(2)15-7-11-8-19(18-17-11)9-14-16-12-5-3-4-6-13(12)20-14/h3-6,8,10,15H,7,9H2,1-2H3. The lowest BCUT2D eigenvalue weighted by Gasteiger charge is -2.03. The molecule has 20 heavy (non-hydrogen) atoms. The van der Waals surface area contributed by atoms with Crippen LogP contribution in [0, 0.1) is 0 Å². The number of oxazole rings is 1. The van der Waals surface area contributed by atoms with Gasteiger partial charge in [0.2, 0.25) is 5.89 Å². The lowest BCUT2D eigenvalue weighted by atomic mass is 10.3. The molecule has 0 amide bonds. The van der Waals surface area contributed by atoms with Crippen molar-refractivity contribution in [3.63, 3.8) is 0 Å². The topological polar surface area (TPSA) is 68.8 Å². The highest BCUT2D eigenvalue weighted by molar-refractivity contribution is 5.72. The van der Waals surface area contributed by atoms with Crippen molar-refractivity contribution >= 4 is 11.1 Å². The Balaban J connectivity index is 1.71. The summed E-state index contributed by atoms with van der Waals surface area (Å²) < 4.78 is 7.40. The van der Waals surface area contributed by atoms with Gasteiger partial charge in [-0.2, -0.15) is 0 Å². The summed E-state index contributed by atoms with van der Waals surface area (Å²) in [6.07, 6.45) is 1.91. The van der Waals surface area contributed by atoms with E-state index in [0.29, 0.717) is 25.0 Å². The maximum Gasteiger partial charge on any atom is 0.217 e. The van der Waals surface area contributed by atoms with Crippen molar-refractivity contribution in [3.05, 3.63) is 42.0 Å². The van der Waals surface area contributed by atoms with Gasteiger partial charge in [0.25, 0.3) is 0 Å². The highest BCUT2D eigenvalue weighted by Crippen LogP contribution is 2.15. The molecule has 0 aliphatic carbocycles. The quantitative estimate of drug-likeness (QED) is 0.768. The predicted octanol–water partition coefficient (Wildman–Crippen LogP) is 1.97. The van der Waals surface area contributed by atoms with Crippen molar-refractivity contribution < 1.29 is 4.42 Å². The molecule has 0 fully saturated rings. The van der Waals surface area contributed by atoms with Crippen molar-refractivity contribution in [3.8, 4) is 0 Å². The van der Waals surface area contributed by atoms with Crippen LogP contribution >= 0.6 is 0 Å². The van der Waals surface area contributed by atoms with Gasteiger partial charge in [-0.3, -0.25) is 0 Å². The van der Waals surface area contributed by atoms with E-state index < -0.39 is 0 Å². The van der Waals surface area contributed by atoms with Gasteiger partial charge in [0, 0.05) is 12.6 Å². The van der Waals surface area contributed by atoms with E-state index in [1.807, 2.05) is 30.5 Å². The van der Waals surface area contributed by atoms with Crippen molar-refractivity contribution in [2.75, 3.05) is 0 Å². The van der Waals surface area contributed by atoms with Gasteiger partial charge in [-0.1, -0.05) is 31.2 Å². The zero-order valence-electron chi connectivity index (χ0n) is 11.6. The van der Waals surface area contributed by atoms with Crippen molar-refractivity contribution in [2.24, 2.45) is 0 Å². The predicted molar refractivity (Wildman–Crippen MR) is 75.1 cm³/mol. The Morgan fingerprint density at radius 3 is 2.95 bits per heavy atom. The summed E-state index contributed by atoms with van der Waals surface area (Å²) in [5, 5.41) is 11.5. The maximum atomic E-state index is 5.66. The van der Waals surface area contributed by atoms with Crippen LogP contribution in [0.1, 0.15) is 25.4 Å². The molecule has 0 saturated carbocycles. The third kappa shape index (κ3) is 2.85. The van der Waals surface area contributed by atoms with E-state index in [9.17, 15) is 0 Å². The first-order valence-electron chi connectivity index (χ1n) is 6.67. The van der Waals surface area contributed by atoms with Crippen LogP contribution in [-0.4, -0.2) is 26.0 Å². The fourth-order valence-electron chi connectivity index (χ4n) is 1.93. The van der Waals surface area contributed by atoms with Gasteiger partial charge < -0.3 is 9.73 Å². The largest absolute Gasteiger partial charge is 0.439 e. The van der Waals surface area contributed by atoms with E-state index in [0.717, 1.165) is 16.8 Å². The third-order valence-corrected chi connectivity index (χ3v) is 2.91. The SMILES string of the molecule is CC(C)NCc1cn(Cc2nc3ccccc3o2)nn1. The Morgan fingerprint density at radius 1 is 1.30 bits per heavy atom. The van der Waals surface area contributed by atoms with E-state index >= 15 is 0 Å². The molecule has 1 N–H and O–H groups in total. The summed E-state index contributed by atoms with van der Waals surface area (Å²) in [7, 11) is 0. The number of para-hydroxylation sites is 2. The molecule has 1 aromatic carbocycles. The average Bonchev–Trinajstić information content (AvgIpc) is 3.02. The molecule has 0 saturated heterocycles. The van der Waals surface area contributed by atoms with E-state index in [1.54, 1.807) is 4.68 Å². The van der Waals surface area contributed by atoms with Crippen LogP contribution in [0.25, 0.3) is 11.1 Å². The number of nitrogens with zero attached hydrogens (tertiary/aromatic N) is 4. The van der Waals surface area contributed by atoms with Gasteiger partial charge in [-0.25, -0.2) is 9.67 Å². The number of rotatable bonds is 5. The third-order valence-electron chi connectivity index (χ3n) is 2.91. The number of nitrogens with one attached hydrogen (secondary N) is 1. The van der Waals surface area contributed by atoms with Gasteiger partial charge >= 0.3 is 0 Å². The van der Waals surface area contributed by atoms with E-state index in [4.69, 9.17) is 4.42 Å². The first-order valence-corrected chi connectivity index (χ1v) is 6.67. The zero-order valence-corrected chi connectivity index (χ0v) is 11.6. The van der Waals surface area contributed by atoms with Crippen LogP contribution < -0.4 is 5.32 Å². The second kappa shape index (κ2) is 5.42. The van der Waals surface area contributed by atoms with E-state index in [1.165, 1.54) is 0 Å². The molecule has 2 heterocycles. The van der Waals surface area contributed by atoms with Crippen molar-refractivity contribution in [2.45, 2.75) is 33.0 Å². The minimum atomic E-state index is 0.428. The molecule has 0 bridgehead atoms. The fraction of sp³-hybridized carbons (Fsp3) is 0.357. The second-order valence-electron chi connectivity index (χ2n) is 5.02. The second-order valence-corrected chi connectivity index (χ2v) is 5.02. The van der Waals surface area contributed by atoms with Crippen LogP contribution in [0.15, 0.2) is 34.9 Å². The molecule has 104 valence electrons. The van der Waals surface area contributed by atoms with Gasteiger partial charge in [0.1, 0.15) is 12.1 Å². The average molecular weight is 271 g/mol. The molecule has 6 nitrogen and oxygen atoms in total. The van der Waals surface area contributed by atoms with Crippen molar-refractivity contribution in [1.29, 1.82) is 0 Å². The molecular weight excluding hydrogens is 254 g/mol. The summed E-state index contributed by atoms with van der Waals surface area (Å²) in [5.41, 5.74) is 2.57. The summed E-state index contributed by atoms with van der Waals surface area (Å²) in [5.74, 6) is 0.638. The lowest BCUT2D eigenvalue weighted by molar-refractivity contribution is 0.485. The van der Waals surface area contributed by atoms with Crippen LogP contribution in [-0.2, 0) is 13.1 Å². The highest BCUT2D eigenvalue weighted by atomic mass is 16.3. The monoisotopic (exact) mass is 271 g/mol. The maximum absolute atomic E-state index is 5.66. The first kappa shape index (κ1) is 12.8. The molecule has 0 spiro atoms. The summed E-state index contributed by atoms with van der Waals surface area (Å²) in [6.45, 7) is 5.40. The lowest BCUT2D eigenvalue weighted by Crippen LogP contribution is -2.21. The van der Waals surface area contributed by atoms with Crippen LogP contribution in [0.3, 0.4) is 0 Å². The van der Waals surface area contributed by atoms with Crippen LogP contribution in [0.2, 0.25) is 0 Å². The first-order chi connectivity index (χ1) is 9.70. The molecule has 2 aromatic heterocycles. The Morgan fingerprint density at radius 2 is 2.15 bits per heavy atom. The summed E-state index contributed by atoms with van der Waals surface area (Å²) in [6, 6.07) is 8.15. The molecule has 0 radical (unpaired) electrons. The van der Waals surface area contributed by atoms with E-state index in [2.05, 4.69) is 34.5 Å². The molecule has 0 unspecified atom stereocenters. The number of benzene rings is 1. The molecule has 0 atom stereocenters. The van der Waals surface area contributed by atoms with Gasteiger partial charge in [0.15, 0.2) is 5.58 Å². The number of hydrogen-bond donors (Lipinski definition) is 1. The smallest absolute Gasteiger partial charge is 0.217 e. The number of fused-ring (bicyclic) bond motifs is 1. The molecule has 0 aliphatic heterocycles. The summed E-state index contributed by atoms with van der Waals surface area (Å²) >= 11 is 0. The minimum Gasteiger partial charge on any atom is -0.439 e. The molecule has 0 aliphatic rings. The van der Waals surface area contributed by atoms with Gasteiger partial charge in [-0.05, 0) is 12.1 Å². The fourth-order valence-corrected chi connectivity index (χ4v) is 1.93. The molecule has 6 heteroatoms. The van der Waals surface area contributed by atoms with Crippen LogP contribution in [0.5, 0.6) is 0 Å². The molecular formula is C14H17N5O. The van der Waals surface area contributed by atoms with Gasteiger partial charge in [0.05, 0.1) is 11.9 Å². The highest BCUT2D eigenvalue weighted by Gasteiger charge is 2.07. The Labute approximate surface area is 116 Å². The Bertz CT molecular complexity index is 667. The molecule has 3 rings (SSSR count). The zero-order chi connectivity index (χ0) is 13.9. The number of hydrogen-bond acceptors (Lipinski definition) is 5. The number of aromatic nitrogens is 4. The van der Waals surface area contributed by atoms with E-state index in [-0.39, 0.29) is 0 Å². The Hall–Kier alpha value is -2.21. The summed E-state index contributed by atoms with van der Waals surface area (Å²) in [4.78, 5) is 4.42. The Kier molecular flexibility index (Phi) is 3.47. The normalized spacial score (nSPS) is 11.6. The molecule has 3 aromatic rings. The van der Waals surface area contributed by atoms with Gasteiger partial charge in [-0.15, -0.1) is 5.10 Å². The van der Waals surface area contributed by atoms with Crippen LogP contribution in [0.4, 0.5) is 0 Å².